The van der Waals surface area contributed by atoms with Crippen molar-refractivity contribution in [1.82, 2.24) is 15.5 Å². The molecule has 2 aromatic carbocycles. The third kappa shape index (κ3) is 8.63. The van der Waals surface area contributed by atoms with E-state index >= 15 is 0 Å². The Morgan fingerprint density at radius 1 is 0.978 bits per heavy atom. The Morgan fingerprint density at radius 2 is 1.65 bits per heavy atom. The first-order chi connectivity index (χ1) is 22.3. The monoisotopic (exact) mass is 631 g/mol. The summed E-state index contributed by atoms with van der Waals surface area (Å²) in [5.74, 6) is -1.87. The van der Waals surface area contributed by atoms with Gasteiger partial charge in [0.25, 0.3) is 0 Å². The number of nitrogens with one attached hydrogen (secondary N) is 2. The SMILES string of the molecule is C=CCC[C@H](NC(=O)OCC1c2ccccc2-c2ccccc21)C(=O)OC[C@@H]1CCCN1C(=O)[C@H](CC=C)CC(=O)N[C@H](C)CO. The second kappa shape index (κ2) is 16.7. The van der Waals surface area contributed by atoms with Crippen LogP contribution in [0.4, 0.5) is 4.79 Å². The molecule has 46 heavy (non-hydrogen) atoms. The van der Waals surface area contributed by atoms with Gasteiger partial charge in [-0.3, -0.25) is 9.59 Å². The van der Waals surface area contributed by atoms with Gasteiger partial charge in [0.05, 0.1) is 18.6 Å². The highest BCUT2D eigenvalue weighted by molar-refractivity contribution is 5.86. The van der Waals surface area contributed by atoms with Gasteiger partial charge in [-0.15, -0.1) is 13.2 Å². The number of rotatable bonds is 16. The van der Waals surface area contributed by atoms with Crippen molar-refractivity contribution in [3.05, 3.63) is 85.0 Å². The van der Waals surface area contributed by atoms with Crippen LogP contribution < -0.4 is 10.6 Å². The van der Waals surface area contributed by atoms with Crippen molar-refractivity contribution in [2.75, 3.05) is 26.4 Å². The summed E-state index contributed by atoms with van der Waals surface area (Å²) in [6, 6.07) is 14.4. The topological polar surface area (TPSA) is 134 Å². The van der Waals surface area contributed by atoms with Crippen LogP contribution in [0.25, 0.3) is 11.1 Å². The van der Waals surface area contributed by atoms with E-state index in [-0.39, 0.29) is 56.4 Å². The number of hydrogen-bond donors (Lipinski definition) is 3. The predicted octanol–water partition coefficient (Wildman–Crippen LogP) is 4.47. The van der Waals surface area contributed by atoms with Gasteiger partial charge in [0.1, 0.15) is 19.3 Å². The maximum Gasteiger partial charge on any atom is 0.407 e. The largest absolute Gasteiger partial charge is 0.462 e. The number of alkyl carbamates (subject to hydrolysis) is 1. The molecule has 0 unspecified atom stereocenters. The molecule has 3 N–H and O–H groups in total. The third-order valence-electron chi connectivity index (χ3n) is 8.57. The number of aliphatic hydroxyl groups is 1. The van der Waals surface area contributed by atoms with Crippen molar-refractivity contribution in [2.24, 2.45) is 5.92 Å². The lowest BCUT2D eigenvalue weighted by Gasteiger charge is -2.29. The lowest BCUT2D eigenvalue weighted by atomic mass is 9.98. The van der Waals surface area contributed by atoms with Gasteiger partial charge in [0, 0.05) is 24.9 Å². The van der Waals surface area contributed by atoms with Gasteiger partial charge < -0.3 is 30.1 Å². The van der Waals surface area contributed by atoms with Crippen LogP contribution in [0.15, 0.2) is 73.8 Å². The van der Waals surface area contributed by atoms with E-state index in [4.69, 9.17) is 9.47 Å². The molecule has 10 nitrogen and oxygen atoms in total. The highest BCUT2D eigenvalue weighted by atomic mass is 16.6. The summed E-state index contributed by atoms with van der Waals surface area (Å²) in [6.45, 7) is 9.51. The lowest BCUT2D eigenvalue weighted by molar-refractivity contribution is -0.150. The Bertz CT molecular complexity index is 1360. The number of nitrogens with zero attached hydrogens (tertiary/aromatic N) is 1. The van der Waals surface area contributed by atoms with Crippen LogP contribution in [-0.2, 0) is 23.9 Å². The Kier molecular flexibility index (Phi) is 12.5. The first-order valence-corrected chi connectivity index (χ1v) is 16.0. The lowest BCUT2D eigenvalue weighted by Crippen LogP contribution is -2.46. The molecule has 10 heteroatoms. The Labute approximate surface area is 270 Å². The molecule has 0 spiro atoms. The Morgan fingerprint density at radius 3 is 2.28 bits per heavy atom. The molecule has 4 rings (SSSR count). The fourth-order valence-corrected chi connectivity index (χ4v) is 6.20. The van der Waals surface area contributed by atoms with Gasteiger partial charge in [-0.2, -0.15) is 0 Å². The molecule has 0 aromatic heterocycles. The van der Waals surface area contributed by atoms with E-state index in [2.05, 4.69) is 35.9 Å². The molecular weight excluding hydrogens is 586 g/mol. The molecule has 3 amide bonds. The molecule has 1 saturated heterocycles. The number of ether oxygens (including phenoxy) is 2. The van der Waals surface area contributed by atoms with E-state index in [0.717, 1.165) is 28.7 Å². The summed E-state index contributed by atoms with van der Waals surface area (Å²) < 4.78 is 11.3. The van der Waals surface area contributed by atoms with Gasteiger partial charge in [-0.25, -0.2) is 9.59 Å². The first kappa shape index (κ1) is 34.4. The minimum absolute atomic E-state index is 0.0317. The smallest absolute Gasteiger partial charge is 0.407 e. The zero-order valence-corrected chi connectivity index (χ0v) is 26.5. The van der Waals surface area contributed by atoms with Crippen molar-refractivity contribution < 1.29 is 33.8 Å². The fraction of sp³-hybridized carbons (Fsp3) is 0.444. The Balaban J connectivity index is 1.33. The van der Waals surface area contributed by atoms with Gasteiger partial charge >= 0.3 is 12.1 Å². The molecule has 2 aromatic rings. The number of likely N-dealkylation sites (tertiary alicyclic amines) is 1. The zero-order valence-electron chi connectivity index (χ0n) is 26.5. The quantitative estimate of drug-likeness (QED) is 0.184. The summed E-state index contributed by atoms with van der Waals surface area (Å²) >= 11 is 0. The van der Waals surface area contributed by atoms with Gasteiger partial charge in [-0.05, 0) is 61.3 Å². The second-order valence-corrected chi connectivity index (χ2v) is 11.9. The maximum atomic E-state index is 13.5. The number of amides is 3. The van der Waals surface area contributed by atoms with E-state index in [0.29, 0.717) is 25.8 Å². The molecule has 2 aliphatic rings. The van der Waals surface area contributed by atoms with Crippen molar-refractivity contribution in [3.63, 3.8) is 0 Å². The maximum absolute atomic E-state index is 13.5. The summed E-state index contributed by atoms with van der Waals surface area (Å²) in [5, 5.41) is 14.6. The van der Waals surface area contributed by atoms with E-state index in [9.17, 15) is 24.3 Å². The third-order valence-corrected chi connectivity index (χ3v) is 8.57. The number of allylic oxidation sites excluding steroid dienone is 2. The first-order valence-electron chi connectivity index (χ1n) is 16.0. The molecule has 0 saturated carbocycles. The van der Waals surface area contributed by atoms with Gasteiger partial charge in [-0.1, -0.05) is 60.7 Å². The number of carbonyl (C=O) groups is 4. The molecule has 0 bridgehead atoms. The molecule has 1 aliphatic heterocycles. The normalized spacial score (nSPS) is 17.2. The van der Waals surface area contributed by atoms with Crippen LogP contribution in [-0.4, -0.2) is 78.4 Å². The van der Waals surface area contributed by atoms with Crippen LogP contribution in [0.3, 0.4) is 0 Å². The van der Waals surface area contributed by atoms with Crippen LogP contribution in [0.2, 0.25) is 0 Å². The van der Waals surface area contributed by atoms with Crippen molar-refractivity contribution >= 4 is 23.9 Å². The standard InChI is InChI=1S/C36H45N3O7/c1-4-6-18-32(38-36(44)46-23-31-29-16-9-7-14-27(29)28-15-8-10-17-30(28)31)35(43)45-22-26-13-11-19-39(26)34(42)25(12-5-2)20-33(41)37-24(3)21-40/h4-5,7-10,14-17,24-26,31-32,40H,1-2,6,11-13,18-23H2,3H3,(H,37,41)(H,38,44)/t24-,25-,26+,32+/m1/s1. The van der Waals surface area contributed by atoms with Gasteiger partial charge in [0.2, 0.25) is 11.8 Å². The van der Waals surface area contributed by atoms with Crippen molar-refractivity contribution in [3.8, 4) is 11.1 Å². The number of fused-ring (bicyclic) bond motifs is 3. The number of benzene rings is 2. The molecule has 4 atom stereocenters. The molecule has 0 radical (unpaired) electrons. The van der Waals surface area contributed by atoms with Crippen molar-refractivity contribution in [1.29, 1.82) is 0 Å². The van der Waals surface area contributed by atoms with Crippen LogP contribution >= 0.6 is 0 Å². The molecule has 1 aliphatic carbocycles. The van der Waals surface area contributed by atoms with Crippen LogP contribution in [0, 0.1) is 5.92 Å². The molecule has 246 valence electrons. The summed E-state index contributed by atoms with van der Waals surface area (Å²) in [4.78, 5) is 53.7. The summed E-state index contributed by atoms with van der Waals surface area (Å²) in [7, 11) is 0. The van der Waals surface area contributed by atoms with Gasteiger partial charge in [0.15, 0.2) is 0 Å². The number of hydrogen-bond acceptors (Lipinski definition) is 7. The zero-order chi connectivity index (χ0) is 33.1. The molecule has 1 fully saturated rings. The number of esters is 1. The average Bonchev–Trinajstić information content (AvgIpc) is 3.66. The Hall–Kier alpha value is -4.44. The van der Waals surface area contributed by atoms with E-state index < -0.39 is 30.1 Å². The molecule has 1 heterocycles. The van der Waals surface area contributed by atoms with E-state index in [1.807, 2.05) is 36.4 Å². The summed E-state index contributed by atoms with van der Waals surface area (Å²) in [6.07, 6.45) is 4.96. The predicted molar refractivity (Wildman–Crippen MR) is 175 cm³/mol. The minimum Gasteiger partial charge on any atom is -0.462 e. The minimum atomic E-state index is -0.954. The number of aliphatic hydroxyl groups excluding tert-OH is 1. The van der Waals surface area contributed by atoms with Crippen LogP contribution in [0.1, 0.15) is 62.5 Å². The summed E-state index contributed by atoms with van der Waals surface area (Å²) in [5.41, 5.74) is 4.42. The second-order valence-electron chi connectivity index (χ2n) is 11.9. The molecular formula is C36H45N3O7. The van der Waals surface area contributed by atoms with E-state index in [1.165, 1.54) is 0 Å². The van der Waals surface area contributed by atoms with Crippen molar-refractivity contribution in [2.45, 2.75) is 69.5 Å². The van der Waals surface area contributed by atoms with E-state index in [1.54, 1.807) is 24.0 Å². The highest BCUT2D eigenvalue weighted by Crippen LogP contribution is 2.44. The number of carbonyl (C=O) groups excluding carboxylic acids is 4. The average molecular weight is 632 g/mol. The van der Waals surface area contributed by atoms with Crippen LogP contribution in [0.5, 0.6) is 0 Å². The fourth-order valence-electron chi connectivity index (χ4n) is 6.20. The highest BCUT2D eigenvalue weighted by Gasteiger charge is 2.35.